The summed E-state index contributed by atoms with van der Waals surface area (Å²) in [5, 5.41) is 54.6. The number of carbonyl (C=O) groups excluding carboxylic acids is 1. The minimum Gasteiger partial charge on any atom is -0.394 e. The summed E-state index contributed by atoms with van der Waals surface area (Å²) in [5.74, 6) is -0.178. The van der Waals surface area contributed by atoms with E-state index in [0.29, 0.717) is 6.42 Å². The standard InChI is InChI=1S/C65H117NO8/c1-3-5-7-9-11-13-15-17-19-21-23-25-27-28-29-30-31-32-33-35-37-39-41-43-45-47-49-51-53-55-61(69)66-58(57-73-65-64(72)63(71)62(70)60(56-67)74-65)59(68)54-52-50-48-46-44-42-40-38-36-34-26-24-22-20-18-16-14-12-10-8-6-4-2/h5,7,11,13,17,19,23,25,28-29,52,54,58-60,62-65,67-68,70-72H,3-4,6,8-10,12,14-16,18,20-22,24,26-27,30-51,53,55-57H2,1-2H3,(H,66,69)/b7-5-,13-11-,19-17-,25-23-,29-28-,54-52+. The number of carbonyl (C=O) groups is 1. The predicted octanol–water partition coefficient (Wildman–Crippen LogP) is 16.0. The minimum absolute atomic E-state index is 0.178. The van der Waals surface area contributed by atoms with Crippen LogP contribution >= 0.6 is 0 Å². The summed E-state index contributed by atoms with van der Waals surface area (Å²) >= 11 is 0. The molecular weight excluding hydrogens is 923 g/mol. The predicted molar refractivity (Wildman–Crippen MR) is 313 cm³/mol. The largest absolute Gasteiger partial charge is 0.394 e. The molecule has 1 saturated heterocycles. The monoisotopic (exact) mass is 1040 g/mol. The number of nitrogens with one attached hydrogen (secondary N) is 1. The number of allylic oxidation sites excluding steroid dienone is 11. The van der Waals surface area contributed by atoms with E-state index in [1.807, 2.05) is 6.08 Å². The van der Waals surface area contributed by atoms with E-state index in [9.17, 15) is 30.3 Å². The SMILES string of the molecule is CC/C=C\C/C=C\C/C=C\C/C=C\C/C=C\CCCCCCCCCCCCCCCC(=O)NC(COC1OC(CO)C(O)C(O)C1O)C(O)/C=C/CCCCCCCCCCCCCCCCCCCCCC. The lowest BCUT2D eigenvalue weighted by atomic mass is 9.99. The number of hydrogen-bond donors (Lipinski definition) is 6. The Morgan fingerprint density at radius 3 is 1.24 bits per heavy atom. The Balaban J connectivity index is 2.19. The van der Waals surface area contributed by atoms with E-state index in [4.69, 9.17) is 9.47 Å². The average Bonchev–Trinajstić information content (AvgIpc) is 3.40. The van der Waals surface area contributed by atoms with Crippen LogP contribution in [0.4, 0.5) is 0 Å². The highest BCUT2D eigenvalue weighted by Crippen LogP contribution is 2.23. The van der Waals surface area contributed by atoms with Gasteiger partial charge in [-0.15, -0.1) is 0 Å². The topological polar surface area (TPSA) is 149 Å². The molecule has 1 rings (SSSR count). The van der Waals surface area contributed by atoms with Crippen molar-refractivity contribution in [3.63, 3.8) is 0 Å². The van der Waals surface area contributed by atoms with Crippen molar-refractivity contribution in [3.05, 3.63) is 72.9 Å². The van der Waals surface area contributed by atoms with Crippen LogP contribution in [-0.2, 0) is 14.3 Å². The van der Waals surface area contributed by atoms with Gasteiger partial charge in [0.1, 0.15) is 24.4 Å². The van der Waals surface area contributed by atoms with Crippen LogP contribution < -0.4 is 5.32 Å². The maximum absolute atomic E-state index is 13.1. The first-order valence-electron chi connectivity index (χ1n) is 31.2. The van der Waals surface area contributed by atoms with Crippen molar-refractivity contribution in [2.24, 2.45) is 0 Å². The van der Waals surface area contributed by atoms with Gasteiger partial charge in [-0.3, -0.25) is 4.79 Å². The molecule has 0 saturated carbocycles. The first kappa shape index (κ1) is 69.6. The van der Waals surface area contributed by atoms with Gasteiger partial charge in [0.15, 0.2) is 6.29 Å². The van der Waals surface area contributed by atoms with Crippen LogP contribution in [0.15, 0.2) is 72.9 Å². The number of aliphatic hydroxyl groups excluding tert-OH is 5. The molecule has 0 aromatic heterocycles. The molecule has 0 spiro atoms. The fourth-order valence-electron chi connectivity index (χ4n) is 9.66. The van der Waals surface area contributed by atoms with E-state index in [1.165, 1.54) is 186 Å². The molecule has 0 bridgehead atoms. The summed E-state index contributed by atoms with van der Waals surface area (Å²) in [5.41, 5.74) is 0. The molecule has 0 aromatic rings. The van der Waals surface area contributed by atoms with Gasteiger partial charge in [-0.1, -0.05) is 279 Å². The van der Waals surface area contributed by atoms with Crippen molar-refractivity contribution in [1.82, 2.24) is 5.32 Å². The first-order chi connectivity index (χ1) is 36.3. The van der Waals surface area contributed by atoms with Gasteiger partial charge in [0.25, 0.3) is 0 Å². The fraction of sp³-hybridized carbons (Fsp3) is 0.800. The van der Waals surface area contributed by atoms with Gasteiger partial charge in [-0.2, -0.15) is 0 Å². The Kier molecular flexibility index (Phi) is 50.8. The Bertz CT molecular complexity index is 1390. The number of aliphatic hydroxyl groups is 5. The van der Waals surface area contributed by atoms with Crippen molar-refractivity contribution in [3.8, 4) is 0 Å². The van der Waals surface area contributed by atoms with Crippen molar-refractivity contribution >= 4 is 5.91 Å². The summed E-state index contributed by atoms with van der Waals surface area (Å²) < 4.78 is 11.3. The third-order valence-corrected chi connectivity index (χ3v) is 14.5. The molecule has 6 N–H and O–H groups in total. The second-order valence-corrected chi connectivity index (χ2v) is 21.5. The second-order valence-electron chi connectivity index (χ2n) is 21.5. The van der Waals surface area contributed by atoms with Crippen LogP contribution in [0.25, 0.3) is 0 Å². The molecule has 1 fully saturated rings. The van der Waals surface area contributed by atoms with Crippen LogP contribution in [0.2, 0.25) is 0 Å². The number of unbranched alkanes of at least 4 members (excludes halogenated alkanes) is 33. The molecule has 74 heavy (non-hydrogen) atoms. The van der Waals surface area contributed by atoms with Crippen LogP contribution in [0.3, 0.4) is 0 Å². The average molecular weight is 1040 g/mol. The Morgan fingerprint density at radius 2 is 0.838 bits per heavy atom. The van der Waals surface area contributed by atoms with Crippen molar-refractivity contribution in [1.29, 1.82) is 0 Å². The Labute approximate surface area is 455 Å². The zero-order valence-corrected chi connectivity index (χ0v) is 47.8. The third-order valence-electron chi connectivity index (χ3n) is 14.5. The van der Waals surface area contributed by atoms with E-state index >= 15 is 0 Å². The summed E-state index contributed by atoms with van der Waals surface area (Å²) in [7, 11) is 0. The van der Waals surface area contributed by atoms with E-state index in [2.05, 4.69) is 79.9 Å². The van der Waals surface area contributed by atoms with Crippen molar-refractivity contribution in [2.75, 3.05) is 13.2 Å². The lowest BCUT2D eigenvalue weighted by Crippen LogP contribution is -2.60. The molecule has 7 unspecified atom stereocenters. The van der Waals surface area contributed by atoms with Crippen LogP contribution in [0, 0.1) is 0 Å². The molecule has 430 valence electrons. The van der Waals surface area contributed by atoms with E-state index in [0.717, 1.165) is 70.6 Å². The smallest absolute Gasteiger partial charge is 0.220 e. The highest BCUT2D eigenvalue weighted by atomic mass is 16.7. The molecule has 0 aliphatic carbocycles. The molecule has 9 heteroatoms. The van der Waals surface area contributed by atoms with Gasteiger partial charge in [0, 0.05) is 6.42 Å². The van der Waals surface area contributed by atoms with Crippen molar-refractivity contribution < 1.29 is 39.8 Å². The lowest BCUT2D eigenvalue weighted by molar-refractivity contribution is -0.302. The molecule has 1 amide bonds. The fourth-order valence-corrected chi connectivity index (χ4v) is 9.66. The summed E-state index contributed by atoms with van der Waals surface area (Å²) in [6.45, 7) is 3.69. The van der Waals surface area contributed by atoms with Crippen molar-refractivity contribution in [2.45, 2.75) is 320 Å². The summed E-state index contributed by atoms with van der Waals surface area (Å²) in [6.07, 6.45) is 68.3. The highest BCUT2D eigenvalue weighted by Gasteiger charge is 2.44. The van der Waals surface area contributed by atoms with Crippen LogP contribution in [0.5, 0.6) is 0 Å². The zero-order chi connectivity index (χ0) is 53.6. The summed E-state index contributed by atoms with van der Waals surface area (Å²) in [4.78, 5) is 13.1. The molecule has 9 nitrogen and oxygen atoms in total. The van der Waals surface area contributed by atoms with Crippen LogP contribution in [-0.4, -0.2) is 87.5 Å². The van der Waals surface area contributed by atoms with Gasteiger partial charge in [0.2, 0.25) is 5.91 Å². The molecular formula is C65H117NO8. The van der Waals surface area contributed by atoms with Gasteiger partial charge < -0.3 is 40.3 Å². The normalized spacial score (nSPS) is 19.5. The lowest BCUT2D eigenvalue weighted by Gasteiger charge is -2.40. The molecule has 0 radical (unpaired) electrons. The van der Waals surface area contributed by atoms with Gasteiger partial charge in [-0.25, -0.2) is 0 Å². The molecule has 0 aromatic carbocycles. The zero-order valence-electron chi connectivity index (χ0n) is 47.8. The molecule has 1 aliphatic rings. The number of ether oxygens (including phenoxy) is 2. The minimum atomic E-state index is -1.57. The first-order valence-corrected chi connectivity index (χ1v) is 31.2. The summed E-state index contributed by atoms with van der Waals surface area (Å²) in [6, 6.07) is -0.810. The van der Waals surface area contributed by atoms with Gasteiger partial charge in [0.05, 0.1) is 25.4 Å². The highest BCUT2D eigenvalue weighted by molar-refractivity contribution is 5.76. The maximum Gasteiger partial charge on any atom is 0.220 e. The van der Waals surface area contributed by atoms with Gasteiger partial charge in [-0.05, 0) is 64.2 Å². The van der Waals surface area contributed by atoms with Crippen LogP contribution in [0.1, 0.15) is 277 Å². The number of amides is 1. The quantitative estimate of drug-likeness (QED) is 0.0261. The molecule has 1 aliphatic heterocycles. The Hall–Kier alpha value is -2.37. The second kappa shape index (κ2) is 54.0. The van der Waals surface area contributed by atoms with E-state index in [1.54, 1.807) is 6.08 Å². The van der Waals surface area contributed by atoms with E-state index < -0.39 is 49.5 Å². The third kappa shape index (κ3) is 42.7. The molecule has 1 heterocycles. The number of hydrogen-bond acceptors (Lipinski definition) is 8. The Morgan fingerprint density at radius 1 is 0.473 bits per heavy atom. The molecule has 7 atom stereocenters. The van der Waals surface area contributed by atoms with E-state index in [-0.39, 0.29) is 12.5 Å². The maximum atomic E-state index is 13.1. The van der Waals surface area contributed by atoms with Gasteiger partial charge >= 0.3 is 0 Å². The number of rotatable bonds is 53.